The number of benzene rings is 1. The number of nitrogens with zero attached hydrogens (tertiary/aromatic N) is 2. The van der Waals surface area contributed by atoms with E-state index in [2.05, 4.69) is 32.7 Å². The lowest BCUT2D eigenvalue weighted by Crippen LogP contribution is -2.35. The van der Waals surface area contributed by atoms with Crippen molar-refractivity contribution in [3.8, 4) is 0 Å². The van der Waals surface area contributed by atoms with Crippen molar-refractivity contribution in [2.24, 2.45) is 10.9 Å². The van der Waals surface area contributed by atoms with Crippen LogP contribution in [0.15, 0.2) is 38.6 Å². The smallest absolute Gasteiger partial charge is 0.286 e. The van der Waals surface area contributed by atoms with Crippen LogP contribution in [0.4, 0.5) is 0 Å². The van der Waals surface area contributed by atoms with Gasteiger partial charge in [0.15, 0.2) is 5.17 Å². The molecule has 0 atom stereocenters. The maximum Gasteiger partial charge on any atom is 0.286 e. The molecule has 0 radical (unpaired) electrons. The van der Waals surface area contributed by atoms with Gasteiger partial charge in [-0.2, -0.15) is 4.99 Å². The minimum absolute atomic E-state index is 0.114. The number of amidine groups is 1. The molecule has 21 heavy (non-hydrogen) atoms. The Morgan fingerprint density at radius 3 is 2.62 bits per heavy atom. The van der Waals surface area contributed by atoms with Gasteiger partial charge in [0.25, 0.3) is 5.91 Å². The van der Waals surface area contributed by atoms with E-state index in [9.17, 15) is 4.79 Å². The van der Waals surface area contributed by atoms with Gasteiger partial charge in [0.05, 0.1) is 4.91 Å². The minimum Gasteiger partial charge on any atom is -0.351 e. The lowest BCUT2D eigenvalue weighted by molar-refractivity contribution is -0.113. The van der Waals surface area contributed by atoms with E-state index >= 15 is 0 Å². The molecular weight excluding hydrogens is 348 g/mol. The molecule has 0 bridgehead atoms. The molecule has 0 aromatic heterocycles. The van der Waals surface area contributed by atoms with Crippen LogP contribution < -0.4 is 0 Å². The van der Waals surface area contributed by atoms with Gasteiger partial charge in [-0.05, 0) is 54.3 Å². The van der Waals surface area contributed by atoms with Gasteiger partial charge in [-0.1, -0.05) is 35.0 Å². The van der Waals surface area contributed by atoms with Gasteiger partial charge in [0.1, 0.15) is 0 Å². The fourth-order valence-electron chi connectivity index (χ4n) is 2.44. The van der Waals surface area contributed by atoms with Crippen LogP contribution >= 0.6 is 27.7 Å². The van der Waals surface area contributed by atoms with E-state index in [1.54, 1.807) is 0 Å². The summed E-state index contributed by atoms with van der Waals surface area (Å²) in [6, 6.07) is 7.94. The van der Waals surface area contributed by atoms with Crippen molar-refractivity contribution >= 4 is 44.8 Å². The Labute approximate surface area is 137 Å². The zero-order chi connectivity index (χ0) is 14.8. The van der Waals surface area contributed by atoms with Crippen LogP contribution in [0.1, 0.15) is 25.3 Å². The van der Waals surface area contributed by atoms with Crippen molar-refractivity contribution < 1.29 is 4.79 Å². The SMILES string of the molecule is CC1CCN(C2=NC(=O)/C(=C/c3ccc(Br)cc3)S2)CC1. The summed E-state index contributed by atoms with van der Waals surface area (Å²) in [4.78, 5) is 19.2. The van der Waals surface area contributed by atoms with Gasteiger partial charge >= 0.3 is 0 Å². The van der Waals surface area contributed by atoms with Crippen molar-refractivity contribution in [3.05, 3.63) is 39.2 Å². The van der Waals surface area contributed by atoms with Crippen LogP contribution in [0.3, 0.4) is 0 Å². The summed E-state index contributed by atoms with van der Waals surface area (Å²) in [6.45, 7) is 4.29. The molecule has 1 amide bonds. The van der Waals surface area contributed by atoms with Crippen LogP contribution in [-0.4, -0.2) is 29.1 Å². The molecule has 0 saturated carbocycles. The molecule has 3 rings (SSSR count). The van der Waals surface area contributed by atoms with Gasteiger partial charge in [-0.15, -0.1) is 0 Å². The number of rotatable bonds is 1. The molecule has 1 saturated heterocycles. The fraction of sp³-hybridized carbons (Fsp3) is 0.375. The second-order valence-corrected chi connectivity index (χ2v) is 7.46. The van der Waals surface area contributed by atoms with E-state index in [0.29, 0.717) is 4.91 Å². The first-order valence-electron chi connectivity index (χ1n) is 7.15. The summed E-state index contributed by atoms with van der Waals surface area (Å²) >= 11 is 4.92. The van der Waals surface area contributed by atoms with Crippen LogP contribution in [0.2, 0.25) is 0 Å². The molecule has 2 aliphatic rings. The lowest BCUT2D eigenvalue weighted by atomic mass is 10.00. The first-order chi connectivity index (χ1) is 10.1. The molecule has 2 heterocycles. The number of piperidine rings is 1. The highest BCUT2D eigenvalue weighted by Gasteiger charge is 2.28. The highest BCUT2D eigenvalue weighted by Crippen LogP contribution is 2.32. The average Bonchev–Trinajstić information content (AvgIpc) is 2.83. The van der Waals surface area contributed by atoms with Gasteiger partial charge < -0.3 is 4.90 Å². The first-order valence-corrected chi connectivity index (χ1v) is 8.76. The third kappa shape index (κ3) is 3.58. The number of carbonyl (C=O) groups excluding carboxylic acids is 1. The molecule has 0 unspecified atom stereocenters. The monoisotopic (exact) mass is 364 g/mol. The Balaban J connectivity index is 1.71. The van der Waals surface area contributed by atoms with E-state index in [1.807, 2.05) is 30.3 Å². The normalized spacial score (nSPS) is 22.0. The van der Waals surface area contributed by atoms with Gasteiger partial charge in [-0.3, -0.25) is 4.79 Å². The van der Waals surface area contributed by atoms with E-state index < -0.39 is 0 Å². The third-order valence-corrected chi connectivity index (χ3v) is 5.40. The summed E-state index contributed by atoms with van der Waals surface area (Å²) in [6.07, 6.45) is 4.28. The van der Waals surface area contributed by atoms with Crippen LogP contribution in [0.25, 0.3) is 6.08 Å². The first kappa shape index (κ1) is 14.9. The number of amides is 1. The molecule has 1 fully saturated rings. The highest BCUT2D eigenvalue weighted by molar-refractivity contribution is 9.10. The summed E-state index contributed by atoms with van der Waals surface area (Å²) in [5.41, 5.74) is 1.03. The molecule has 1 aromatic rings. The maximum atomic E-state index is 12.1. The molecular formula is C16H17BrN2OS. The van der Waals surface area contributed by atoms with Crippen LogP contribution in [0.5, 0.6) is 0 Å². The van der Waals surface area contributed by atoms with Crippen LogP contribution in [-0.2, 0) is 4.79 Å². The number of aliphatic imine (C=N–C) groups is 1. The average molecular weight is 365 g/mol. The van der Waals surface area contributed by atoms with Crippen molar-refractivity contribution in [3.63, 3.8) is 0 Å². The van der Waals surface area contributed by atoms with E-state index in [1.165, 1.54) is 24.6 Å². The quantitative estimate of drug-likeness (QED) is 0.701. The highest BCUT2D eigenvalue weighted by atomic mass is 79.9. The molecule has 2 aliphatic heterocycles. The number of hydrogen-bond acceptors (Lipinski definition) is 3. The molecule has 3 nitrogen and oxygen atoms in total. The number of likely N-dealkylation sites (tertiary alicyclic amines) is 1. The zero-order valence-corrected chi connectivity index (χ0v) is 14.3. The van der Waals surface area contributed by atoms with Gasteiger partial charge in [-0.25, -0.2) is 0 Å². The zero-order valence-electron chi connectivity index (χ0n) is 11.9. The Hall–Kier alpha value is -1.07. The van der Waals surface area contributed by atoms with Crippen molar-refractivity contribution in [2.45, 2.75) is 19.8 Å². The van der Waals surface area contributed by atoms with Crippen molar-refractivity contribution in [1.82, 2.24) is 4.90 Å². The Morgan fingerprint density at radius 2 is 1.95 bits per heavy atom. The van der Waals surface area contributed by atoms with Gasteiger partial charge in [0, 0.05) is 17.6 Å². The van der Waals surface area contributed by atoms with E-state index in [0.717, 1.165) is 34.2 Å². The van der Waals surface area contributed by atoms with Crippen molar-refractivity contribution in [2.75, 3.05) is 13.1 Å². The summed E-state index contributed by atoms with van der Waals surface area (Å²) in [5, 5.41) is 0.871. The standard InChI is InChI=1S/C16H17BrN2OS/c1-11-6-8-19(9-7-11)16-18-15(20)14(21-16)10-12-2-4-13(17)5-3-12/h2-5,10-11H,6-9H2,1H3/b14-10-. The molecule has 1 aromatic carbocycles. The Kier molecular flexibility index (Phi) is 4.50. The number of thioether (sulfide) groups is 1. The summed E-state index contributed by atoms with van der Waals surface area (Å²) in [7, 11) is 0. The number of hydrogen-bond donors (Lipinski definition) is 0. The molecule has 5 heteroatoms. The van der Waals surface area contributed by atoms with Gasteiger partial charge in [0.2, 0.25) is 0 Å². The fourth-order valence-corrected chi connectivity index (χ4v) is 3.67. The second kappa shape index (κ2) is 6.36. The maximum absolute atomic E-state index is 12.1. The topological polar surface area (TPSA) is 32.7 Å². The minimum atomic E-state index is -0.114. The molecule has 0 spiro atoms. The number of halogens is 1. The molecule has 0 aliphatic carbocycles. The largest absolute Gasteiger partial charge is 0.351 e. The second-order valence-electron chi connectivity index (χ2n) is 5.53. The van der Waals surface area contributed by atoms with Crippen molar-refractivity contribution in [1.29, 1.82) is 0 Å². The molecule has 0 N–H and O–H groups in total. The lowest BCUT2D eigenvalue weighted by Gasteiger charge is -2.30. The van der Waals surface area contributed by atoms with E-state index in [-0.39, 0.29) is 5.91 Å². The summed E-state index contributed by atoms with van der Waals surface area (Å²) < 4.78 is 1.04. The molecule has 110 valence electrons. The third-order valence-electron chi connectivity index (χ3n) is 3.83. The summed E-state index contributed by atoms with van der Waals surface area (Å²) in [5.74, 6) is 0.665. The number of carbonyl (C=O) groups is 1. The van der Waals surface area contributed by atoms with E-state index in [4.69, 9.17) is 0 Å². The Bertz CT molecular complexity index is 601. The predicted molar refractivity (Wildman–Crippen MR) is 92.1 cm³/mol. The van der Waals surface area contributed by atoms with Crippen LogP contribution in [0, 0.1) is 5.92 Å². The Morgan fingerprint density at radius 1 is 1.29 bits per heavy atom. The predicted octanol–water partition coefficient (Wildman–Crippen LogP) is 4.15.